The van der Waals surface area contributed by atoms with Crippen LogP contribution >= 0.6 is 23.1 Å². The predicted molar refractivity (Wildman–Crippen MR) is 113 cm³/mol. The summed E-state index contributed by atoms with van der Waals surface area (Å²) in [4.78, 5) is 5.58. The molecule has 1 saturated carbocycles. The molecule has 1 N–H and O–H groups in total. The van der Waals surface area contributed by atoms with Crippen molar-refractivity contribution in [2.75, 3.05) is 0 Å². The monoisotopic (exact) mass is 418 g/mol. The minimum absolute atomic E-state index is 0.00289. The van der Waals surface area contributed by atoms with Gasteiger partial charge in [0.05, 0.1) is 10.2 Å². The molecule has 2 aromatic carbocycles. The van der Waals surface area contributed by atoms with E-state index in [1.165, 1.54) is 21.8 Å². The summed E-state index contributed by atoms with van der Waals surface area (Å²) in [5.74, 6) is 0. The summed E-state index contributed by atoms with van der Waals surface area (Å²) in [6.07, 6.45) is 3.78. The van der Waals surface area contributed by atoms with E-state index in [2.05, 4.69) is 40.9 Å². The summed E-state index contributed by atoms with van der Waals surface area (Å²) in [5, 5.41) is 0.552. The van der Waals surface area contributed by atoms with Crippen LogP contribution in [0.2, 0.25) is 0 Å². The molecule has 0 bridgehead atoms. The number of nitrogens with zero attached hydrogens (tertiary/aromatic N) is 1. The molecule has 4 rings (SSSR count). The number of fused-ring (bicyclic) bond motifs is 1. The van der Waals surface area contributed by atoms with E-state index in [0.717, 1.165) is 35.9 Å². The van der Waals surface area contributed by atoms with Crippen LogP contribution in [-0.2, 0) is 10.0 Å². The third kappa shape index (κ3) is 4.54. The molecule has 1 heterocycles. The standard InChI is InChI=1S/C20H22N2O2S3/c1-14-6-10-16(11-7-14)25-17-12-8-15(9-13-17)22-27(23,24)20-21-18-4-2-3-5-19(18)26-20/h2-7,10-11,15,17,22H,8-9,12-13H2,1H3. The predicted octanol–water partition coefficient (Wildman–Crippen LogP) is 4.99. The van der Waals surface area contributed by atoms with E-state index < -0.39 is 10.0 Å². The van der Waals surface area contributed by atoms with Crippen LogP contribution in [0.25, 0.3) is 10.2 Å². The Morgan fingerprint density at radius 2 is 1.74 bits per heavy atom. The maximum absolute atomic E-state index is 12.7. The second kappa shape index (κ2) is 7.91. The Morgan fingerprint density at radius 1 is 1.04 bits per heavy atom. The molecule has 0 saturated heterocycles. The summed E-state index contributed by atoms with van der Waals surface area (Å²) < 4.78 is 29.4. The molecule has 1 fully saturated rings. The molecule has 27 heavy (non-hydrogen) atoms. The average Bonchev–Trinajstić information content (AvgIpc) is 3.10. The van der Waals surface area contributed by atoms with Gasteiger partial charge in [0.1, 0.15) is 0 Å². The number of para-hydroxylation sites is 1. The fraction of sp³-hybridized carbons (Fsp3) is 0.350. The number of aryl methyl sites for hydroxylation is 1. The number of aromatic nitrogens is 1. The number of rotatable bonds is 5. The third-order valence-corrected chi connectivity index (χ3v) is 9.11. The van der Waals surface area contributed by atoms with Crippen LogP contribution in [0.5, 0.6) is 0 Å². The van der Waals surface area contributed by atoms with Crippen molar-refractivity contribution in [3.63, 3.8) is 0 Å². The minimum Gasteiger partial charge on any atom is -0.224 e. The summed E-state index contributed by atoms with van der Waals surface area (Å²) in [5.41, 5.74) is 2.01. The van der Waals surface area contributed by atoms with Crippen molar-refractivity contribution in [1.82, 2.24) is 9.71 Å². The van der Waals surface area contributed by atoms with Gasteiger partial charge in [-0.3, -0.25) is 0 Å². The first-order valence-electron chi connectivity index (χ1n) is 9.11. The first kappa shape index (κ1) is 18.9. The van der Waals surface area contributed by atoms with Crippen molar-refractivity contribution >= 4 is 43.3 Å². The van der Waals surface area contributed by atoms with E-state index in [1.54, 1.807) is 0 Å². The molecule has 1 aromatic heterocycles. The summed E-state index contributed by atoms with van der Waals surface area (Å²) >= 11 is 3.14. The van der Waals surface area contributed by atoms with Gasteiger partial charge in [0.25, 0.3) is 10.0 Å². The average molecular weight is 419 g/mol. The molecule has 4 nitrogen and oxygen atoms in total. The van der Waals surface area contributed by atoms with E-state index in [1.807, 2.05) is 36.0 Å². The fourth-order valence-electron chi connectivity index (χ4n) is 3.34. The molecular formula is C20H22N2O2S3. The normalized spacial score (nSPS) is 20.8. The van der Waals surface area contributed by atoms with Gasteiger partial charge < -0.3 is 0 Å². The first-order chi connectivity index (χ1) is 13.0. The van der Waals surface area contributed by atoms with Gasteiger partial charge in [-0.25, -0.2) is 18.1 Å². The van der Waals surface area contributed by atoms with Gasteiger partial charge in [-0.05, 0) is 56.9 Å². The number of benzene rings is 2. The van der Waals surface area contributed by atoms with Crippen molar-refractivity contribution < 1.29 is 8.42 Å². The molecule has 0 radical (unpaired) electrons. The zero-order valence-electron chi connectivity index (χ0n) is 15.1. The quantitative estimate of drug-likeness (QED) is 0.634. The number of thioether (sulfide) groups is 1. The number of sulfonamides is 1. The van der Waals surface area contributed by atoms with E-state index in [4.69, 9.17) is 0 Å². The molecule has 3 aromatic rings. The van der Waals surface area contributed by atoms with Crippen molar-refractivity contribution in [3.8, 4) is 0 Å². The Kier molecular flexibility index (Phi) is 5.55. The maximum atomic E-state index is 12.7. The van der Waals surface area contributed by atoms with Crippen molar-refractivity contribution in [1.29, 1.82) is 0 Å². The lowest BCUT2D eigenvalue weighted by Crippen LogP contribution is -2.38. The molecule has 0 amide bonds. The van der Waals surface area contributed by atoms with Gasteiger partial charge >= 0.3 is 0 Å². The lowest BCUT2D eigenvalue weighted by molar-refractivity contribution is 0.419. The van der Waals surface area contributed by atoms with Gasteiger partial charge in [-0.2, -0.15) is 0 Å². The Hall–Kier alpha value is -1.41. The topological polar surface area (TPSA) is 59.1 Å². The molecular weight excluding hydrogens is 396 g/mol. The summed E-state index contributed by atoms with van der Waals surface area (Å²) in [6, 6.07) is 16.1. The van der Waals surface area contributed by atoms with Crippen LogP contribution in [0.15, 0.2) is 57.8 Å². The molecule has 0 atom stereocenters. The molecule has 1 aliphatic rings. The molecule has 0 aliphatic heterocycles. The van der Waals surface area contributed by atoms with Crippen LogP contribution in [0.1, 0.15) is 31.2 Å². The number of thiazole rings is 1. The van der Waals surface area contributed by atoms with Gasteiger partial charge in [-0.15, -0.1) is 23.1 Å². The van der Waals surface area contributed by atoms with E-state index >= 15 is 0 Å². The SMILES string of the molecule is Cc1ccc(SC2CCC(NS(=O)(=O)c3nc4ccccc4s3)CC2)cc1. The Bertz CT molecular complexity index is 988. The number of nitrogens with one attached hydrogen (secondary N) is 1. The van der Waals surface area contributed by atoms with Crippen LogP contribution in [-0.4, -0.2) is 24.7 Å². The van der Waals surface area contributed by atoms with Gasteiger partial charge in [0.15, 0.2) is 0 Å². The lowest BCUT2D eigenvalue weighted by Gasteiger charge is -2.28. The van der Waals surface area contributed by atoms with E-state index in [-0.39, 0.29) is 10.4 Å². The van der Waals surface area contributed by atoms with Gasteiger partial charge in [-0.1, -0.05) is 29.8 Å². The highest BCUT2D eigenvalue weighted by Gasteiger charge is 2.28. The smallest absolute Gasteiger partial charge is 0.224 e. The molecule has 0 unspecified atom stereocenters. The highest BCUT2D eigenvalue weighted by molar-refractivity contribution is 8.00. The van der Waals surface area contributed by atoms with E-state index in [9.17, 15) is 8.42 Å². The molecule has 0 spiro atoms. The van der Waals surface area contributed by atoms with Crippen LogP contribution in [0.4, 0.5) is 0 Å². The molecule has 7 heteroatoms. The Morgan fingerprint density at radius 3 is 2.44 bits per heavy atom. The summed E-state index contributed by atoms with van der Waals surface area (Å²) in [6.45, 7) is 2.09. The third-order valence-electron chi connectivity index (χ3n) is 4.82. The zero-order valence-corrected chi connectivity index (χ0v) is 17.5. The van der Waals surface area contributed by atoms with Crippen LogP contribution < -0.4 is 4.72 Å². The van der Waals surface area contributed by atoms with E-state index in [0.29, 0.717) is 5.25 Å². The fourth-order valence-corrected chi connectivity index (χ4v) is 7.07. The second-order valence-corrected chi connectivity index (χ2v) is 11.3. The second-order valence-electron chi connectivity index (χ2n) is 6.97. The molecule has 1 aliphatic carbocycles. The van der Waals surface area contributed by atoms with Crippen LogP contribution in [0.3, 0.4) is 0 Å². The Balaban J connectivity index is 1.36. The largest absolute Gasteiger partial charge is 0.268 e. The maximum Gasteiger partial charge on any atom is 0.268 e. The highest BCUT2D eigenvalue weighted by Crippen LogP contribution is 2.34. The van der Waals surface area contributed by atoms with Crippen molar-refractivity contribution in [2.45, 2.75) is 53.1 Å². The van der Waals surface area contributed by atoms with Gasteiger partial charge in [0, 0.05) is 16.2 Å². The highest BCUT2D eigenvalue weighted by atomic mass is 32.2. The summed E-state index contributed by atoms with van der Waals surface area (Å²) in [7, 11) is -3.55. The lowest BCUT2D eigenvalue weighted by atomic mass is 9.96. The van der Waals surface area contributed by atoms with Crippen molar-refractivity contribution in [2.24, 2.45) is 0 Å². The van der Waals surface area contributed by atoms with Crippen LogP contribution in [0, 0.1) is 6.92 Å². The first-order valence-corrected chi connectivity index (χ1v) is 12.3. The molecule has 142 valence electrons. The number of hydrogen-bond donors (Lipinski definition) is 1. The van der Waals surface area contributed by atoms with Gasteiger partial charge in [0.2, 0.25) is 4.34 Å². The van der Waals surface area contributed by atoms with Crippen molar-refractivity contribution in [3.05, 3.63) is 54.1 Å². The Labute approximate surface area is 168 Å². The number of hydrogen-bond acceptors (Lipinski definition) is 5. The zero-order chi connectivity index (χ0) is 18.9. The minimum atomic E-state index is -3.55.